The van der Waals surface area contributed by atoms with Gasteiger partial charge in [0.05, 0.1) is 6.04 Å². The predicted molar refractivity (Wildman–Crippen MR) is 107 cm³/mol. The second-order valence-corrected chi connectivity index (χ2v) is 7.15. The number of hydrogen-bond acceptors (Lipinski definition) is 3. The summed E-state index contributed by atoms with van der Waals surface area (Å²) in [6, 6.07) is 18.3. The molecule has 138 valence electrons. The lowest BCUT2D eigenvalue weighted by molar-refractivity contribution is -0.123. The minimum Gasteiger partial charge on any atom is -0.314 e. The highest BCUT2D eigenvalue weighted by molar-refractivity contribution is 5.96. The van der Waals surface area contributed by atoms with Gasteiger partial charge < -0.3 is 4.90 Å². The van der Waals surface area contributed by atoms with Gasteiger partial charge in [-0.2, -0.15) is 0 Å². The summed E-state index contributed by atoms with van der Waals surface area (Å²) in [4.78, 5) is 19.4. The summed E-state index contributed by atoms with van der Waals surface area (Å²) in [5.74, 6) is 0.156. The van der Waals surface area contributed by atoms with Crippen LogP contribution in [0.25, 0.3) is 0 Å². The maximum absolute atomic E-state index is 12.8. The summed E-state index contributed by atoms with van der Waals surface area (Å²) in [5.41, 5.74) is 3.69. The zero-order valence-electron chi connectivity index (χ0n) is 16.1. The molecule has 0 aliphatic carbocycles. The van der Waals surface area contributed by atoms with Crippen molar-refractivity contribution in [2.24, 2.45) is 0 Å². The summed E-state index contributed by atoms with van der Waals surface area (Å²) < 4.78 is 0. The van der Waals surface area contributed by atoms with Crippen molar-refractivity contribution >= 4 is 11.6 Å². The molecule has 1 amide bonds. The smallest absolute Gasteiger partial charge is 0.243 e. The standard InChI is InChI=1S/C22H29N3O/c1-18-9-7-8-10-20(18)17-24-13-15-25(16-14-24)19(2)22(26)23(3)21-11-5-4-6-12-21/h4-12,19H,13-17H2,1-3H3. The van der Waals surface area contributed by atoms with Crippen LogP contribution in [-0.4, -0.2) is 55.0 Å². The van der Waals surface area contributed by atoms with E-state index in [2.05, 4.69) is 41.0 Å². The number of amides is 1. The third-order valence-electron chi connectivity index (χ3n) is 5.44. The predicted octanol–water partition coefficient (Wildman–Crippen LogP) is 3.16. The van der Waals surface area contributed by atoms with Gasteiger partial charge in [0.1, 0.15) is 0 Å². The quantitative estimate of drug-likeness (QED) is 0.828. The van der Waals surface area contributed by atoms with Crippen molar-refractivity contribution in [1.82, 2.24) is 9.80 Å². The van der Waals surface area contributed by atoms with Crippen LogP contribution in [0, 0.1) is 6.92 Å². The lowest BCUT2D eigenvalue weighted by Crippen LogP contribution is -2.54. The van der Waals surface area contributed by atoms with Gasteiger partial charge in [0.2, 0.25) is 5.91 Å². The zero-order valence-corrected chi connectivity index (χ0v) is 16.1. The largest absolute Gasteiger partial charge is 0.314 e. The lowest BCUT2D eigenvalue weighted by atomic mass is 10.1. The van der Waals surface area contributed by atoms with E-state index in [1.54, 1.807) is 4.90 Å². The molecule has 1 unspecified atom stereocenters. The number of aryl methyl sites for hydroxylation is 1. The van der Waals surface area contributed by atoms with Crippen LogP contribution < -0.4 is 4.90 Å². The molecule has 0 spiro atoms. The van der Waals surface area contributed by atoms with Gasteiger partial charge in [-0.15, -0.1) is 0 Å². The third kappa shape index (κ3) is 4.32. The number of likely N-dealkylation sites (N-methyl/N-ethyl adjacent to an activating group) is 1. The van der Waals surface area contributed by atoms with Crippen molar-refractivity contribution in [3.8, 4) is 0 Å². The number of nitrogens with zero attached hydrogens (tertiary/aromatic N) is 3. The van der Waals surface area contributed by atoms with Crippen molar-refractivity contribution in [3.05, 3.63) is 65.7 Å². The lowest BCUT2D eigenvalue weighted by Gasteiger charge is -2.38. The van der Waals surface area contributed by atoms with E-state index < -0.39 is 0 Å². The van der Waals surface area contributed by atoms with E-state index in [4.69, 9.17) is 0 Å². The molecule has 0 aromatic heterocycles. The fourth-order valence-electron chi connectivity index (χ4n) is 3.55. The molecule has 0 radical (unpaired) electrons. The molecule has 2 aromatic carbocycles. The Morgan fingerprint density at radius 3 is 2.27 bits per heavy atom. The van der Waals surface area contributed by atoms with Gasteiger partial charge in [-0.3, -0.25) is 14.6 Å². The molecular weight excluding hydrogens is 322 g/mol. The molecule has 2 aromatic rings. The summed E-state index contributed by atoms with van der Waals surface area (Å²) >= 11 is 0. The van der Waals surface area contributed by atoms with Gasteiger partial charge in [0.25, 0.3) is 0 Å². The maximum Gasteiger partial charge on any atom is 0.243 e. The number of carbonyl (C=O) groups excluding carboxylic acids is 1. The van der Waals surface area contributed by atoms with Gasteiger partial charge in [-0.25, -0.2) is 0 Å². The van der Waals surface area contributed by atoms with Crippen LogP contribution in [0.4, 0.5) is 5.69 Å². The van der Waals surface area contributed by atoms with Crippen molar-refractivity contribution in [2.75, 3.05) is 38.1 Å². The van der Waals surface area contributed by atoms with E-state index in [1.807, 2.05) is 44.3 Å². The van der Waals surface area contributed by atoms with Crippen LogP contribution in [0.3, 0.4) is 0 Å². The van der Waals surface area contributed by atoms with E-state index in [-0.39, 0.29) is 11.9 Å². The van der Waals surface area contributed by atoms with Gasteiger partial charge in [0, 0.05) is 45.5 Å². The molecule has 1 fully saturated rings. The number of rotatable bonds is 5. The molecule has 1 aliphatic rings. The third-order valence-corrected chi connectivity index (χ3v) is 5.44. The number of carbonyl (C=O) groups is 1. The van der Waals surface area contributed by atoms with Crippen LogP contribution >= 0.6 is 0 Å². The maximum atomic E-state index is 12.8. The van der Waals surface area contributed by atoms with Crippen LogP contribution in [0.2, 0.25) is 0 Å². The Labute approximate surface area is 157 Å². The number of piperazine rings is 1. The first-order chi connectivity index (χ1) is 12.6. The molecular formula is C22H29N3O. The second-order valence-electron chi connectivity index (χ2n) is 7.15. The molecule has 1 heterocycles. The highest BCUT2D eigenvalue weighted by Gasteiger charge is 2.28. The molecule has 3 rings (SSSR count). The molecule has 0 bridgehead atoms. The molecule has 26 heavy (non-hydrogen) atoms. The Bertz CT molecular complexity index is 723. The van der Waals surface area contributed by atoms with E-state index in [1.165, 1.54) is 11.1 Å². The molecule has 1 atom stereocenters. The van der Waals surface area contributed by atoms with E-state index in [0.717, 1.165) is 38.4 Å². The molecule has 0 N–H and O–H groups in total. The Morgan fingerprint density at radius 1 is 1.00 bits per heavy atom. The SMILES string of the molecule is Cc1ccccc1CN1CCN(C(C)C(=O)N(C)c2ccccc2)CC1. The normalized spacial score (nSPS) is 17.0. The minimum absolute atomic E-state index is 0.0965. The first-order valence-electron chi connectivity index (χ1n) is 9.40. The highest BCUT2D eigenvalue weighted by atomic mass is 16.2. The van der Waals surface area contributed by atoms with Crippen LogP contribution in [0.1, 0.15) is 18.1 Å². The van der Waals surface area contributed by atoms with Gasteiger partial charge >= 0.3 is 0 Å². The van der Waals surface area contributed by atoms with E-state index >= 15 is 0 Å². The molecule has 4 nitrogen and oxygen atoms in total. The highest BCUT2D eigenvalue weighted by Crippen LogP contribution is 2.17. The molecule has 4 heteroatoms. The van der Waals surface area contributed by atoms with Gasteiger partial charge in [-0.1, -0.05) is 42.5 Å². The first-order valence-corrected chi connectivity index (χ1v) is 9.40. The Kier molecular flexibility index (Phi) is 6.07. The summed E-state index contributed by atoms with van der Waals surface area (Å²) in [6.07, 6.45) is 0. The number of hydrogen-bond donors (Lipinski definition) is 0. The topological polar surface area (TPSA) is 26.8 Å². The van der Waals surface area contributed by atoms with Crippen molar-refractivity contribution < 1.29 is 4.79 Å². The van der Waals surface area contributed by atoms with E-state index in [0.29, 0.717) is 0 Å². The van der Waals surface area contributed by atoms with Crippen LogP contribution in [-0.2, 0) is 11.3 Å². The average Bonchev–Trinajstić information content (AvgIpc) is 2.69. The van der Waals surface area contributed by atoms with Gasteiger partial charge in [-0.05, 0) is 37.1 Å². The summed E-state index contributed by atoms with van der Waals surface area (Å²) in [6.45, 7) is 9.06. The molecule has 0 saturated carbocycles. The zero-order chi connectivity index (χ0) is 18.5. The number of anilines is 1. The van der Waals surface area contributed by atoms with Crippen molar-refractivity contribution in [2.45, 2.75) is 26.4 Å². The van der Waals surface area contributed by atoms with Crippen molar-refractivity contribution in [3.63, 3.8) is 0 Å². The number of para-hydroxylation sites is 1. The Hall–Kier alpha value is -2.17. The van der Waals surface area contributed by atoms with E-state index in [9.17, 15) is 4.79 Å². The van der Waals surface area contributed by atoms with Crippen molar-refractivity contribution in [1.29, 1.82) is 0 Å². The number of benzene rings is 2. The van der Waals surface area contributed by atoms with Crippen LogP contribution in [0.15, 0.2) is 54.6 Å². The molecule has 1 saturated heterocycles. The Morgan fingerprint density at radius 2 is 1.62 bits per heavy atom. The molecule has 1 aliphatic heterocycles. The first kappa shape index (κ1) is 18.6. The van der Waals surface area contributed by atoms with Gasteiger partial charge in [0.15, 0.2) is 0 Å². The van der Waals surface area contributed by atoms with Crippen LogP contribution in [0.5, 0.6) is 0 Å². The Balaban J connectivity index is 1.54. The minimum atomic E-state index is -0.0965. The second kappa shape index (κ2) is 8.47. The monoisotopic (exact) mass is 351 g/mol. The fourth-order valence-corrected chi connectivity index (χ4v) is 3.55. The summed E-state index contributed by atoms with van der Waals surface area (Å²) in [7, 11) is 1.86. The average molecular weight is 351 g/mol. The fraction of sp³-hybridized carbons (Fsp3) is 0.409. The summed E-state index contributed by atoms with van der Waals surface area (Å²) in [5, 5.41) is 0.